The van der Waals surface area contributed by atoms with Crippen molar-refractivity contribution < 1.29 is 18.3 Å². The molecule has 0 amide bonds. The molecule has 7 heteroatoms. The van der Waals surface area contributed by atoms with E-state index < -0.39 is 10.0 Å². The number of nitrogens with zero attached hydrogens (tertiary/aromatic N) is 2. The Labute approximate surface area is 126 Å². The summed E-state index contributed by atoms with van der Waals surface area (Å²) in [7, 11) is 1.74. The number of hydrogen-bond acceptors (Lipinski definition) is 5. The molecule has 1 heterocycles. The lowest BCUT2D eigenvalue weighted by Gasteiger charge is -2.21. The number of sulfonamides is 1. The third kappa shape index (κ3) is 3.21. The summed E-state index contributed by atoms with van der Waals surface area (Å²) in [5.74, 6) is 0.306. The summed E-state index contributed by atoms with van der Waals surface area (Å²) in [6.07, 6.45) is 0.814. The zero-order valence-corrected chi connectivity index (χ0v) is 13.4. The van der Waals surface area contributed by atoms with Crippen LogP contribution in [-0.4, -0.2) is 63.1 Å². The quantitative estimate of drug-likeness (QED) is 0.858. The molecule has 1 unspecified atom stereocenters. The van der Waals surface area contributed by atoms with Crippen LogP contribution in [0.1, 0.15) is 12.0 Å². The molecule has 1 saturated heterocycles. The summed E-state index contributed by atoms with van der Waals surface area (Å²) in [4.78, 5) is 2.16. The van der Waals surface area contributed by atoms with Crippen LogP contribution >= 0.6 is 0 Å². The Balaban J connectivity index is 2.36. The lowest BCUT2D eigenvalue weighted by molar-refractivity contribution is 0.281. The maximum Gasteiger partial charge on any atom is 0.246 e. The van der Waals surface area contributed by atoms with Crippen molar-refractivity contribution in [3.63, 3.8) is 0 Å². The van der Waals surface area contributed by atoms with E-state index in [9.17, 15) is 13.5 Å². The Morgan fingerprint density at radius 3 is 2.67 bits per heavy atom. The summed E-state index contributed by atoms with van der Waals surface area (Å²) in [6.45, 7) is 0.770. The van der Waals surface area contributed by atoms with E-state index in [1.54, 1.807) is 12.1 Å². The number of benzene rings is 1. The van der Waals surface area contributed by atoms with Gasteiger partial charge in [0.25, 0.3) is 0 Å². The van der Waals surface area contributed by atoms with Crippen LogP contribution in [-0.2, 0) is 16.6 Å². The lowest BCUT2D eigenvalue weighted by Crippen LogP contribution is -2.34. The van der Waals surface area contributed by atoms with Gasteiger partial charge in [-0.15, -0.1) is 0 Å². The van der Waals surface area contributed by atoms with E-state index in [0.29, 0.717) is 24.4 Å². The fourth-order valence-corrected chi connectivity index (χ4v) is 4.21. The van der Waals surface area contributed by atoms with E-state index in [2.05, 4.69) is 0 Å². The normalized spacial score (nSPS) is 20.1. The van der Waals surface area contributed by atoms with E-state index in [-0.39, 0.29) is 17.5 Å². The second-order valence-electron chi connectivity index (χ2n) is 5.41. The van der Waals surface area contributed by atoms with Crippen molar-refractivity contribution in [2.24, 2.45) is 0 Å². The first-order chi connectivity index (χ1) is 9.90. The highest BCUT2D eigenvalue weighted by molar-refractivity contribution is 7.89. The van der Waals surface area contributed by atoms with Crippen molar-refractivity contribution >= 4 is 10.0 Å². The van der Waals surface area contributed by atoms with E-state index in [1.165, 1.54) is 17.5 Å². The minimum absolute atomic E-state index is 0.121. The zero-order valence-electron chi connectivity index (χ0n) is 12.6. The fraction of sp³-hybridized carbons (Fsp3) is 0.571. The van der Waals surface area contributed by atoms with Gasteiger partial charge in [0.15, 0.2) is 0 Å². The molecule has 118 valence electrons. The molecule has 1 aliphatic heterocycles. The standard InChI is InChI=1S/C14H22N2O4S/c1-15(2)12-6-7-16(9-12)21(18,19)14-8-11(10-17)4-5-13(14)20-3/h4-5,8,12,17H,6-7,9-10H2,1-3H3. The molecule has 1 aromatic rings. The van der Waals surface area contributed by atoms with Gasteiger partial charge < -0.3 is 14.7 Å². The SMILES string of the molecule is COc1ccc(CO)cc1S(=O)(=O)N1CCC(N(C)C)C1. The highest BCUT2D eigenvalue weighted by Gasteiger charge is 2.35. The predicted octanol–water partition coefficient (Wildman–Crippen LogP) is 0.512. The molecule has 2 rings (SSSR count). The Morgan fingerprint density at radius 2 is 2.14 bits per heavy atom. The van der Waals surface area contributed by atoms with Gasteiger partial charge in [-0.25, -0.2) is 8.42 Å². The van der Waals surface area contributed by atoms with Crippen molar-refractivity contribution in [1.82, 2.24) is 9.21 Å². The topological polar surface area (TPSA) is 70.1 Å². The highest BCUT2D eigenvalue weighted by Crippen LogP contribution is 2.30. The van der Waals surface area contributed by atoms with Gasteiger partial charge in [-0.05, 0) is 38.2 Å². The number of hydrogen-bond donors (Lipinski definition) is 1. The largest absolute Gasteiger partial charge is 0.495 e. The Kier molecular flexibility index (Phi) is 4.88. The average Bonchev–Trinajstić information content (AvgIpc) is 2.97. The van der Waals surface area contributed by atoms with E-state index in [0.717, 1.165) is 6.42 Å². The maximum absolute atomic E-state index is 12.8. The fourth-order valence-electron chi connectivity index (χ4n) is 2.51. The van der Waals surface area contributed by atoms with Crippen LogP contribution in [0, 0.1) is 0 Å². The number of ether oxygens (including phenoxy) is 1. The van der Waals surface area contributed by atoms with Gasteiger partial charge >= 0.3 is 0 Å². The molecule has 1 N–H and O–H groups in total. The molecule has 0 aromatic heterocycles. The summed E-state index contributed by atoms with van der Waals surface area (Å²) in [5.41, 5.74) is 0.553. The molecule has 1 aromatic carbocycles. The van der Waals surface area contributed by atoms with Crippen LogP contribution in [0.3, 0.4) is 0 Å². The van der Waals surface area contributed by atoms with Crippen LogP contribution in [0.5, 0.6) is 5.75 Å². The lowest BCUT2D eigenvalue weighted by atomic mass is 10.2. The monoisotopic (exact) mass is 314 g/mol. The first-order valence-corrected chi connectivity index (χ1v) is 8.28. The number of likely N-dealkylation sites (N-methyl/N-ethyl adjacent to an activating group) is 1. The number of aliphatic hydroxyl groups excluding tert-OH is 1. The first kappa shape index (κ1) is 16.2. The molecule has 21 heavy (non-hydrogen) atoms. The van der Waals surface area contributed by atoms with E-state index >= 15 is 0 Å². The van der Waals surface area contributed by atoms with Gasteiger partial charge in [-0.3, -0.25) is 0 Å². The molecule has 0 bridgehead atoms. The average molecular weight is 314 g/mol. The molecule has 0 aliphatic carbocycles. The van der Waals surface area contributed by atoms with Crippen LogP contribution in [0.2, 0.25) is 0 Å². The molecule has 0 spiro atoms. The Hall–Kier alpha value is -1.15. The van der Waals surface area contributed by atoms with Gasteiger partial charge in [0.2, 0.25) is 10.0 Å². The number of aliphatic hydroxyl groups is 1. The van der Waals surface area contributed by atoms with Crippen molar-refractivity contribution in [3.8, 4) is 5.75 Å². The summed E-state index contributed by atoms with van der Waals surface area (Å²) in [6, 6.07) is 4.95. The minimum Gasteiger partial charge on any atom is -0.495 e. The van der Waals surface area contributed by atoms with Gasteiger partial charge in [0, 0.05) is 19.1 Å². The third-order valence-corrected chi connectivity index (χ3v) is 5.77. The van der Waals surface area contributed by atoms with Gasteiger partial charge in [0.05, 0.1) is 13.7 Å². The molecule has 6 nitrogen and oxygen atoms in total. The van der Waals surface area contributed by atoms with Crippen LogP contribution in [0.25, 0.3) is 0 Å². The second-order valence-corrected chi connectivity index (χ2v) is 7.32. The van der Waals surface area contributed by atoms with Crippen LogP contribution in [0.4, 0.5) is 0 Å². The number of rotatable bonds is 5. The van der Waals surface area contributed by atoms with Crippen LogP contribution < -0.4 is 4.74 Å². The predicted molar refractivity (Wildman–Crippen MR) is 79.8 cm³/mol. The summed E-state index contributed by atoms with van der Waals surface area (Å²) >= 11 is 0. The third-order valence-electron chi connectivity index (χ3n) is 3.88. The van der Waals surface area contributed by atoms with Gasteiger partial charge in [-0.1, -0.05) is 6.07 Å². The van der Waals surface area contributed by atoms with Gasteiger partial charge in [0.1, 0.15) is 10.6 Å². The molecule has 1 fully saturated rings. The van der Waals surface area contributed by atoms with Gasteiger partial charge in [-0.2, -0.15) is 4.31 Å². The van der Waals surface area contributed by atoms with Crippen molar-refractivity contribution in [3.05, 3.63) is 23.8 Å². The van der Waals surface area contributed by atoms with Crippen molar-refractivity contribution in [1.29, 1.82) is 0 Å². The minimum atomic E-state index is -3.61. The second kappa shape index (κ2) is 6.31. The molecule has 1 atom stereocenters. The molecule has 0 radical (unpaired) electrons. The first-order valence-electron chi connectivity index (χ1n) is 6.84. The Bertz CT molecular complexity index is 601. The summed E-state index contributed by atoms with van der Waals surface area (Å²) in [5, 5.41) is 9.22. The molecule has 0 saturated carbocycles. The van der Waals surface area contributed by atoms with E-state index in [1.807, 2.05) is 19.0 Å². The highest BCUT2D eigenvalue weighted by atomic mass is 32.2. The number of methoxy groups -OCH3 is 1. The zero-order chi connectivity index (χ0) is 15.6. The molecular weight excluding hydrogens is 292 g/mol. The maximum atomic E-state index is 12.8. The van der Waals surface area contributed by atoms with Crippen molar-refractivity contribution in [2.45, 2.75) is 24.0 Å². The van der Waals surface area contributed by atoms with Crippen LogP contribution in [0.15, 0.2) is 23.1 Å². The summed E-state index contributed by atoms with van der Waals surface area (Å²) < 4.78 is 32.2. The molecule has 1 aliphatic rings. The smallest absolute Gasteiger partial charge is 0.246 e. The Morgan fingerprint density at radius 1 is 1.43 bits per heavy atom. The van der Waals surface area contributed by atoms with E-state index in [4.69, 9.17) is 4.74 Å². The molecular formula is C14H22N2O4S. The van der Waals surface area contributed by atoms with Crippen molar-refractivity contribution in [2.75, 3.05) is 34.3 Å².